The Labute approximate surface area is 106 Å². The monoisotopic (exact) mass is 268 g/mol. The summed E-state index contributed by atoms with van der Waals surface area (Å²) >= 11 is 0. The second-order valence-electron chi connectivity index (χ2n) is 4.41. The van der Waals surface area contributed by atoms with Crippen molar-refractivity contribution in [3.8, 4) is 0 Å². The number of hydrogen-bond acceptors (Lipinski definition) is 3. The summed E-state index contributed by atoms with van der Waals surface area (Å²) in [5.74, 6) is -0.155. The standard InChI is InChI=1S/C11H16N4O2S/c1-7-3-2-4-9(10(7)11(12)13)15-18(16,17)14-8-5-6-8/h2-4,8,14-15H,5-6H2,1H3,(H3,12,13). The van der Waals surface area contributed by atoms with Crippen molar-refractivity contribution in [1.29, 1.82) is 5.41 Å². The lowest BCUT2D eigenvalue weighted by atomic mass is 10.1. The zero-order valence-electron chi connectivity index (χ0n) is 10.0. The number of anilines is 1. The van der Waals surface area contributed by atoms with E-state index in [2.05, 4.69) is 9.44 Å². The minimum Gasteiger partial charge on any atom is -0.384 e. The van der Waals surface area contributed by atoms with Gasteiger partial charge in [-0.2, -0.15) is 13.1 Å². The number of hydrogen-bond donors (Lipinski definition) is 4. The minimum absolute atomic E-state index is 0.0353. The Morgan fingerprint density at radius 3 is 2.67 bits per heavy atom. The van der Waals surface area contributed by atoms with Gasteiger partial charge in [-0.25, -0.2) is 0 Å². The third-order valence-electron chi connectivity index (χ3n) is 2.69. The number of rotatable bonds is 5. The summed E-state index contributed by atoms with van der Waals surface area (Å²) < 4.78 is 28.5. The van der Waals surface area contributed by atoms with Gasteiger partial charge in [-0.1, -0.05) is 12.1 Å². The molecule has 2 rings (SSSR count). The number of nitrogen functional groups attached to an aromatic ring is 1. The summed E-state index contributed by atoms with van der Waals surface area (Å²) in [4.78, 5) is 0. The van der Waals surface area contributed by atoms with Crippen molar-refractivity contribution in [2.75, 3.05) is 4.72 Å². The number of nitrogens with two attached hydrogens (primary N) is 1. The van der Waals surface area contributed by atoms with E-state index in [9.17, 15) is 8.42 Å². The predicted molar refractivity (Wildman–Crippen MR) is 70.9 cm³/mol. The third-order valence-corrected chi connectivity index (χ3v) is 3.82. The zero-order chi connectivity index (χ0) is 13.3. The molecule has 0 spiro atoms. The molecule has 0 amide bonds. The molecule has 1 aromatic carbocycles. The van der Waals surface area contributed by atoms with Crippen LogP contribution in [0.3, 0.4) is 0 Å². The van der Waals surface area contributed by atoms with Crippen LogP contribution in [0.2, 0.25) is 0 Å². The van der Waals surface area contributed by atoms with Gasteiger partial charge in [-0.05, 0) is 31.4 Å². The first-order valence-corrected chi connectivity index (χ1v) is 7.11. The van der Waals surface area contributed by atoms with E-state index in [1.165, 1.54) is 0 Å². The van der Waals surface area contributed by atoms with Crippen molar-refractivity contribution in [3.63, 3.8) is 0 Å². The van der Waals surface area contributed by atoms with E-state index in [4.69, 9.17) is 11.1 Å². The molecule has 6 nitrogen and oxygen atoms in total. The van der Waals surface area contributed by atoms with E-state index in [-0.39, 0.29) is 11.9 Å². The highest BCUT2D eigenvalue weighted by Crippen LogP contribution is 2.22. The van der Waals surface area contributed by atoms with Gasteiger partial charge in [0.2, 0.25) is 0 Å². The molecular formula is C11H16N4O2S. The van der Waals surface area contributed by atoms with Gasteiger partial charge in [-0.3, -0.25) is 10.1 Å². The summed E-state index contributed by atoms with van der Waals surface area (Å²) in [5.41, 5.74) is 6.98. The first-order chi connectivity index (χ1) is 8.39. The van der Waals surface area contributed by atoms with Crippen LogP contribution in [0.25, 0.3) is 0 Å². The van der Waals surface area contributed by atoms with Crippen molar-refractivity contribution in [3.05, 3.63) is 29.3 Å². The molecule has 7 heteroatoms. The van der Waals surface area contributed by atoms with E-state index in [0.717, 1.165) is 18.4 Å². The topological polar surface area (TPSA) is 108 Å². The number of amidine groups is 1. The SMILES string of the molecule is Cc1cccc(NS(=O)(=O)NC2CC2)c1C(=N)N. The molecule has 0 atom stereocenters. The van der Waals surface area contributed by atoms with Gasteiger partial charge in [0.1, 0.15) is 5.84 Å². The molecule has 1 aromatic rings. The summed E-state index contributed by atoms with van der Waals surface area (Å²) in [6.45, 7) is 1.78. The van der Waals surface area contributed by atoms with Crippen LogP contribution in [-0.4, -0.2) is 20.3 Å². The molecule has 0 radical (unpaired) electrons. The van der Waals surface area contributed by atoms with E-state index in [0.29, 0.717) is 11.3 Å². The fourth-order valence-electron chi connectivity index (χ4n) is 1.71. The zero-order valence-corrected chi connectivity index (χ0v) is 10.8. The Kier molecular flexibility index (Phi) is 3.27. The highest BCUT2D eigenvalue weighted by Gasteiger charge is 2.27. The molecule has 18 heavy (non-hydrogen) atoms. The minimum atomic E-state index is -3.60. The summed E-state index contributed by atoms with van der Waals surface area (Å²) in [6.07, 6.45) is 1.74. The van der Waals surface area contributed by atoms with Gasteiger partial charge in [0.05, 0.1) is 5.69 Å². The fraction of sp³-hybridized carbons (Fsp3) is 0.364. The molecule has 5 N–H and O–H groups in total. The number of aryl methyl sites for hydroxylation is 1. The van der Waals surface area contributed by atoms with Gasteiger partial charge < -0.3 is 5.73 Å². The lowest BCUT2D eigenvalue weighted by Gasteiger charge is -2.14. The molecule has 1 fully saturated rings. The Morgan fingerprint density at radius 2 is 2.11 bits per heavy atom. The Bertz CT molecular complexity index is 579. The van der Waals surface area contributed by atoms with Gasteiger partial charge in [0.25, 0.3) is 10.2 Å². The van der Waals surface area contributed by atoms with Crippen molar-refractivity contribution >= 4 is 21.7 Å². The lowest BCUT2D eigenvalue weighted by molar-refractivity contribution is 0.586. The van der Waals surface area contributed by atoms with Crippen molar-refractivity contribution in [2.24, 2.45) is 5.73 Å². The molecule has 98 valence electrons. The Morgan fingerprint density at radius 1 is 1.44 bits per heavy atom. The average Bonchev–Trinajstić information content (AvgIpc) is 2.99. The van der Waals surface area contributed by atoms with Gasteiger partial charge in [-0.15, -0.1) is 0 Å². The maximum absolute atomic E-state index is 11.8. The van der Waals surface area contributed by atoms with Crippen molar-refractivity contribution < 1.29 is 8.42 Å². The van der Waals surface area contributed by atoms with Crippen LogP contribution in [0.1, 0.15) is 24.0 Å². The molecule has 1 aliphatic rings. The van der Waals surface area contributed by atoms with E-state index in [1.54, 1.807) is 25.1 Å². The normalized spacial score (nSPS) is 15.4. The number of nitrogens with one attached hydrogen (secondary N) is 3. The molecule has 1 aliphatic carbocycles. The van der Waals surface area contributed by atoms with E-state index in [1.807, 2.05) is 0 Å². The average molecular weight is 268 g/mol. The predicted octanol–water partition coefficient (Wildman–Crippen LogP) is 0.688. The van der Waals surface area contributed by atoms with Gasteiger partial charge in [0.15, 0.2) is 0 Å². The lowest BCUT2D eigenvalue weighted by Crippen LogP contribution is -2.32. The van der Waals surface area contributed by atoms with Gasteiger partial charge >= 0.3 is 0 Å². The van der Waals surface area contributed by atoms with Crippen LogP contribution in [0, 0.1) is 12.3 Å². The molecule has 0 unspecified atom stereocenters. The summed E-state index contributed by atoms with van der Waals surface area (Å²) in [6, 6.07) is 5.13. The molecule has 0 saturated heterocycles. The molecule has 0 aromatic heterocycles. The smallest absolute Gasteiger partial charge is 0.299 e. The Hall–Kier alpha value is -1.60. The molecular weight excluding hydrogens is 252 g/mol. The fourth-order valence-corrected chi connectivity index (χ4v) is 2.90. The summed E-state index contributed by atoms with van der Waals surface area (Å²) in [7, 11) is -3.60. The first-order valence-electron chi connectivity index (χ1n) is 5.63. The number of benzene rings is 1. The van der Waals surface area contributed by atoms with E-state index >= 15 is 0 Å². The summed E-state index contributed by atoms with van der Waals surface area (Å²) in [5, 5.41) is 7.50. The van der Waals surface area contributed by atoms with Gasteiger partial charge in [0, 0.05) is 11.6 Å². The molecule has 0 bridgehead atoms. The Balaban J connectivity index is 2.28. The second-order valence-corrected chi connectivity index (χ2v) is 5.86. The van der Waals surface area contributed by atoms with Crippen LogP contribution >= 0.6 is 0 Å². The van der Waals surface area contributed by atoms with Crippen LogP contribution in [-0.2, 0) is 10.2 Å². The highest BCUT2D eigenvalue weighted by molar-refractivity contribution is 7.90. The molecule has 0 aliphatic heterocycles. The van der Waals surface area contributed by atoms with Crippen molar-refractivity contribution in [2.45, 2.75) is 25.8 Å². The van der Waals surface area contributed by atoms with Crippen LogP contribution in [0.5, 0.6) is 0 Å². The molecule has 0 heterocycles. The van der Waals surface area contributed by atoms with E-state index < -0.39 is 10.2 Å². The van der Waals surface area contributed by atoms with Crippen LogP contribution in [0.4, 0.5) is 5.69 Å². The quantitative estimate of drug-likeness (QED) is 0.466. The maximum Gasteiger partial charge on any atom is 0.299 e. The van der Waals surface area contributed by atoms with Crippen LogP contribution in [0.15, 0.2) is 18.2 Å². The largest absolute Gasteiger partial charge is 0.384 e. The highest BCUT2D eigenvalue weighted by atomic mass is 32.2. The third kappa shape index (κ3) is 2.99. The second kappa shape index (κ2) is 4.58. The van der Waals surface area contributed by atoms with Crippen molar-refractivity contribution in [1.82, 2.24) is 4.72 Å². The first kappa shape index (κ1) is 12.8. The maximum atomic E-state index is 11.8. The molecule has 1 saturated carbocycles. The van der Waals surface area contributed by atoms with Crippen LogP contribution < -0.4 is 15.2 Å².